The Morgan fingerprint density at radius 1 is 1.04 bits per heavy atom. The van der Waals surface area contributed by atoms with E-state index in [1.807, 2.05) is 0 Å². The van der Waals surface area contributed by atoms with Crippen molar-refractivity contribution in [2.75, 3.05) is 24.2 Å². The van der Waals surface area contributed by atoms with Gasteiger partial charge >= 0.3 is 0 Å². The van der Waals surface area contributed by atoms with E-state index in [1.165, 1.54) is 12.1 Å². The second-order valence-electron chi connectivity index (χ2n) is 5.42. The molecule has 2 aromatic rings. The maximum atomic E-state index is 12.8. The Morgan fingerprint density at radius 2 is 1.60 bits per heavy atom. The van der Waals surface area contributed by atoms with Crippen molar-refractivity contribution in [2.45, 2.75) is 4.90 Å². The predicted octanol–water partition coefficient (Wildman–Crippen LogP) is 0.695. The van der Waals surface area contributed by atoms with Crippen LogP contribution in [0.15, 0.2) is 35.2 Å². The van der Waals surface area contributed by atoms with Gasteiger partial charge in [-0.15, -0.1) is 0 Å². The van der Waals surface area contributed by atoms with Crippen molar-refractivity contribution in [1.82, 2.24) is 0 Å². The van der Waals surface area contributed by atoms with Gasteiger partial charge in [-0.1, -0.05) is 24.3 Å². The first-order chi connectivity index (χ1) is 11.8. The van der Waals surface area contributed by atoms with Crippen LogP contribution in [0, 0.1) is 0 Å². The van der Waals surface area contributed by atoms with E-state index in [4.69, 9.17) is 10.8 Å². The van der Waals surface area contributed by atoms with Crippen LogP contribution in [0.3, 0.4) is 0 Å². The van der Waals surface area contributed by atoms with Gasteiger partial charge < -0.3 is 16.2 Å². The van der Waals surface area contributed by atoms with Gasteiger partial charge in [0, 0.05) is 23.4 Å². The fourth-order valence-electron chi connectivity index (χ4n) is 2.84. The van der Waals surface area contributed by atoms with Crippen molar-refractivity contribution >= 4 is 33.1 Å². The quantitative estimate of drug-likeness (QED) is 0.392. The molecule has 0 unspecified atom stereocenters. The highest BCUT2D eigenvalue weighted by Gasteiger charge is 2.36. The van der Waals surface area contributed by atoms with Crippen LogP contribution >= 0.6 is 0 Å². The first-order valence-corrected chi connectivity index (χ1v) is 8.68. The lowest BCUT2D eigenvalue weighted by molar-refractivity contribution is 0.0980. The molecule has 0 atom stereocenters. The highest BCUT2D eigenvalue weighted by molar-refractivity contribution is 7.86. The van der Waals surface area contributed by atoms with Gasteiger partial charge in [0.15, 0.2) is 11.6 Å². The summed E-state index contributed by atoms with van der Waals surface area (Å²) in [6.45, 7) is -0.288. The van der Waals surface area contributed by atoms with Crippen LogP contribution in [0.2, 0.25) is 0 Å². The normalized spacial score (nSPS) is 13.4. The number of nitrogen functional groups attached to an aromatic ring is 1. The summed E-state index contributed by atoms with van der Waals surface area (Å²) in [4.78, 5) is 24.9. The fourth-order valence-corrected chi connectivity index (χ4v) is 3.48. The zero-order chi connectivity index (χ0) is 18.4. The molecule has 0 radical (unpaired) electrons. The molecule has 130 valence electrons. The van der Waals surface area contributed by atoms with E-state index in [1.54, 1.807) is 12.1 Å². The Bertz CT molecular complexity index is 1010. The summed E-state index contributed by atoms with van der Waals surface area (Å²) >= 11 is 0. The third kappa shape index (κ3) is 2.68. The molecule has 0 bridgehead atoms. The third-order valence-electron chi connectivity index (χ3n) is 3.91. The van der Waals surface area contributed by atoms with Crippen LogP contribution in [-0.4, -0.2) is 42.8 Å². The summed E-state index contributed by atoms with van der Waals surface area (Å²) in [7, 11) is -4.72. The number of nitrogens with two attached hydrogens (primary N) is 1. The summed E-state index contributed by atoms with van der Waals surface area (Å²) in [5.74, 6) is -1.11. The lowest BCUT2D eigenvalue weighted by atomic mass is 9.82. The van der Waals surface area contributed by atoms with Gasteiger partial charge in [-0.3, -0.25) is 14.1 Å². The number of ketones is 2. The Morgan fingerprint density at radius 3 is 2.12 bits per heavy atom. The van der Waals surface area contributed by atoms with Gasteiger partial charge in [-0.05, 0) is 6.07 Å². The summed E-state index contributed by atoms with van der Waals surface area (Å²) < 4.78 is 32.6. The van der Waals surface area contributed by atoms with Crippen molar-refractivity contribution in [1.29, 1.82) is 0 Å². The number of aliphatic hydroxyl groups excluding tert-OH is 1. The molecule has 8 nitrogen and oxygen atoms in total. The average Bonchev–Trinajstić information content (AvgIpc) is 2.57. The molecular formula is C16H14N2O6S. The molecule has 9 heteroatoms. The SMILES string of the molecule is Nc1c(S(=O)(=O)O)cc(NCCO)c2c1C(=O)c1ccccc1C2=O. The number of carbonyl (C=O) groups is 2. The van der Waals surface area contributed by atoms with Gasteiger partial charge in [0.05, 0.1) is 23.4 Å². The maximum Gasteiger partial charge on any atom is 0.296 e. The van der Waals surface area contributed by atoms with Crippen molar-refractivity contribution in [3.05, 3.63) is 52.6 Å². The average molecular weight is 362 g/mol. The zero-order valence-corrected chi connectivity index (χ0v) is 13.6. The topological polar surface area (TPSA) is 147 Å². The van der Waals surface area contributed by atoms with Crippen LogP contribution in [-0.2, 0) is 10.1 Å². The first-order valence-electron chi connectivity index (χ1n) is 7.24. The Hall–Kier alpha value is -2.75. The number of fused-ring (bicyclic) bond motifs is 2. The van der Waals surface area contributed by atoms with Gasteiger partial charge in [-0.25, -0.2) is 0 Å². The van der Waals surface area contributed by atoms with Crippen molar-refractivity contribution < 1.29 is 27.7 Å². The summed E-state index contributed by atoms with van der Waals surface area (Å²) in [6, 6.07) is 7.09. The highest BCUT2D eigenvalue weighted by Crippen LogP contribution is 2.38. The molecule has 0 heterocycles. The largest absolute Gasteiger partial charge is 0.397 e. The number of benzene rings is 2. The van der Waals surface area contributed by atoms with Crippen LogP contribution < -0.4 is 11.1 Å². The zero-order valence-electron chi connectivity index (χ0n) is 12.8. The molecular weight excluding hydrogens is 348 g/mol. The molecule has 0 spiro atoms. The molecule has 1 aliphatic rings. The lowest BCUT2D eigenvalue weighted by Gasteiger charge is -2.23. The van der Waals surface area contributed by atoms with Gasteiger partial charge in [0.1, 0.15) is 4.90 Å². The summed E-state index contributed by atoms with van der Waals surface area (Å²) in [6.07, 6.45) is 0. The number of hydrogen-bond acceptors (Lipinski definition) is 7. The Kier molecular flexibility index (Phi) is 4.07. The summed E-state index contributed by atoms with van der Waals surface area (Å²) in [5, 5.41) is 11.7. The van der Waals surface area contributed by atoms with Crippen LogP contribution in [0.4, 0.5) is 11.4 Å². The molecule has 25 heavy (non-hydrogen) atoms. The van der Waals surface area contributed by atoms with E-state index >= 15 is 0 Å². The predicted molar refractivity (Wildman–Crippen MR) is 89.6 cm³/mol. The van der Waals surface area contributed by atoms with Crippen LogP contribution in [0.25, 0.3) is 0 Å². The molecule has 2 aromatic carbocycles. The molecule has 0 aromatic heterocycles. The van der Waals surface area contributed by atoms with Crippen LogP contribution in [0.5, 0.6) is 0 Å². The smallest absolute Gasteiger partial charge is 0.296 e. The standard InChI is InChI=1S/C16H14N2O6S/c17-14-11(25(22,23)24)7-10(18-5-6-19)12-13(14)16(21)9-4-2-1-3-8(9)15(12)20/h1-4,7,18-19H,5-6,17H2,(H,22,23,24). The minimum absolute atomic E-state index is 0.00118. The van der Waals surface area contributed by atoms with Crippen molar-refractivity contribution in [3.63, 3.8) is 0 Å². The monoisotopic (exact) mass is 362 g/mol. The number of carbonyl (C=O) groups excluding carboxylic acids is 2. The van der Waals surface area contributed by atoms with Gasteiger partial charge in [0.25, 0.3) is 10.1 Å². The van der Waals surface area contributed by atoms with E-state index < -0.39 is 32.3 Å². The molecule has 1 aliphatic carbocycles. The van der Waals surface area contributed by atoms with Crippen molar-refractivity contribution in [3.8, 4) is 0 Å². The number of hydrogen-bond donors (Lipinski definition) is 4. The summed E-state index contributed by atoms with van der Waals surface area (Å²) in [5.41, 5.74) is 5.24. The van der Waals surface area contributed by atoms with E-state index in [0.717, 1.165) is 6.07 Å². The highest BCUT2D eigenvalue weighted by atomic mass is 32.2. The number of aliphatic hydroxyl groups is 1. The van der Waals surface area contributed by atoms with Gasteiger partial charge in [-0.2, -0.15) is 8.42 Å². The molecule has 0 aliphatic heterocycles. The number of rotatable bonds is 4. The minimum atomic E-state index is -4.72. The van der Waals surface area contributed by atoms with E-state index in [2.05, 4.69) is 5.32 Å². The second kappa shape index (κ2) is 5.96. The molecule has 3 rings (SSSR count). The maximum absolute atomic E-state index is 12.8. The lowest BCUT2D eigenvalue weighted by Crippen LogP contribution is -2.25. The van der Waals surface area contributed by atoms with E-state index in [-0.39, 0.29) is 41.1 Å². The fraction of sp³-hybridized carbons (Fsp3) is 0.125. The van der Waals surface area contributed by atoms with Crippen LogP contribution in [0.1, 0.15) is 31.8 Å². The molecule has 5 N–H and O–H groups in total. The molecule has 0 amide bonds. The Balaban J connectivity index is 2.38. The molecule has 0 saturated heterocycles. The Labute approximate surface area is 143 Å². The second-order valence-corrected chi connectivity index (χ2v) is 6.81. The van der Waals surface area contributed by atoms with E-state index in [0.29, 0.717) is 0 Å². The first kappa shape index (κ1) is 17.1. The number of anilines is 2. The third-order valence-corrected chi connectivity index (χ3v) is 4.80. The van der Waals surface area contributed by atoms with E-state index in [9.17, 15) is 22.6 Å². The number of nitrogens with one attached hydrogen (secondary N) is 1. The molecule has 0 fully saturated rings. The minimum Gasteiger partial charge on any atom is -0.397 e. The van der Waals surface area contributed by atoms with Gasteiger partial charge in [0.2, 0.25) is 0 Å². The molecule has 0 saturated carbocycles. The van der Waals surface area contributed by atoms with Crippen molar-refractivity contribution in [2.24, 2.45) is 0 Å².